The van der Waals surface area contributed by atoms with Crippen molar-refractivity contribution >= 4 is 11.5 Å². The van der Waals surface area contributed by atoms with Gasteiger partial charge in [0, 0.05) is 6.54 Å². The quantitative estimate of drug-likeness (QED) is 0.826. The fourth-order valence-electron chi connectivity index (χ4n) is 6.40. The second-order valence-electron chi connectivity index (χ2n) is 7.90. The van der Waals surface area contributed by atoms with Crippen LogP contribution in [-0.2, 0) is 0 Å². The summed E-state index contributed by atoms with van der Waals surface area (Å²) in [5, 5.41) is 8.07. The number of fused-ring (bicyclic) bond motifs is 1. The van der Waals surface area contributed by atoms with Gasteiger partial charge in [0.05, 0.1) is 17.9 Å². The lowest BCUT2D eigenvalue weighted by Crippen LogP contribution is -2.51. The van der Waals surface area contributed by atoms with E-state index in [1.807, 2.05) is 6.20 Å². The summed E-state index contributed by atoms with van der Waals surface area (Å²) in [6.45, 7) is 1.06. The Morgan fingerprint density at radius 2 is 1.80 bits per heavy atom. The minimum atomic E-state index is 0.532. The third kappa shape index (κ3) is 1.40. The molecule has 3 N–H and O–H groups in total. The highest BCUT2D eigenvalue weighted by atomic mass is 15.4. The zero-order valence-electron chi connectivity index (χ0n) is 12.0. The van der Waals surface area contributed by atoms with Gasteiger partial charge in [-0.1, -0.05) is 0 Å². The van der Waals surface area contributed by atoms with Crippen molar-refractivity contribution in [3.8, 4) is 0 Å². The highest BCUT2D eigenvalue weighted by Gasteiger charge is 2.55. The summed E-state index contributed by atoms with van der Waals surface area (Å²) in [5.74, 6) is 4.10. The second-order valence-corrected chi connectivity index (χ2v) is 7.90. The maximum absolute atomic E-state index is 6.07. The van der Waals surface area contributed by atoms with Gasteiger partial charge < -0.3 is 11.1 Å². The van der Waals surface area contributed by atoms with Crippen molar-refractivity contribution in [3.05, 3.63) is 6.20 Å². The van der Waals surface area contributed by atoms with E-state index in [2.05, 4.69) is 15.1 Å². The summed E-state index contributed by atoms with van der Waals surface area (Å²) in [4.78, 5) is 0. The summed E-state index contributed by atoms with van der Waals surface area (Å²) in [5.41, 5.74) is 7.42. The number of anilines is 2. The molecule has 6 rings (SSSR count). The lowest BCUT2D eigenvalue weighted by molar-refractivity contribution is -0.0868. The Bertz CT molecular complexity index is 511. The molecule has 1 aliphatic heterocycles. The SMILES string of the molecule is Nc1cnn2c1NCCC2C12CC3CC(CC(C3)C1)C2. The smallest absolute Gasteiger partial charge is 0.148 e. The number of nitrogens with one attached hydrogen (secondary N) is 1. The molecule has 5 aliphatic rings. The van der Waals surface area contributed by atoms with Gasteiger partial charge in [0.2, 0.25) is 0 Å². The highest BCUT2D eigenvalue weighted by molar-refractivity contribution is 5.61. The topological polar surface area (TPSA) is 55.9 Å². The molecule has 4 aliphatic carbocycles. The van der Waals surface area contributed by atoms with Crippen LogP contribution in [0.2, 0.25) is 0 Å². The summed E-state index contributed by atoms with van der Waals surface area (Å²) in [6.07, 6.45) is 11.9. The standard InChI is InChI=1S/C16H24N4/c17-13-9-19-20-14(1-2-18-15(13)20)16-6-10-3-11(7-16)5-12(4-10)8-16/h9-12,14,18H,1-8,17H2. The Morgan fingerprint density at radius 3 is 2.45 bits per heavy atom. The van der Waals surface area contributed by atoms with Crippen LogP contribution < -0.4 is 11.1 Å². The first-order chi connectivity index (χ1) is 9.73. The average Bonchev–Trinajstić information content (AvgIpc) is 2.79. The lowest BCUT2D eigenvalue weighted by Gasteiger charge is -2.60. The Balaban J connectivity index is 1.57. The van der Waals surface area contributed by atoms with Crippen LogP contribution in [0, 0.1) is 23.2 Å². The predicted molar refractivity (Wildman–Crippen MR) is 79.4 cm³/mol. The molecule has 0 radical (unpaired) electrons. The van der Waals surface area contributed by atoms with E-state index < -0.39 is 0 Å². The Morgan fingerprint density at radius 1 is 1.15 bits per heavy atom. The fourth-order valence-corrected chi connectivity index (χ4v) is 6.40. The van der Waals surface area contributed by atoms with Gasteiger partial charge in [0.1, 0.15) is 5.82 Å². The zero-order valence-corrected chi connectivity index (χ0v) is 12.0. The van der Waals surface area contributed by atoms with Crippen LogP contribution in [0.4, 0.5) is 11.5 Å². The molecule has 1 aromatic heterocycles. The number of nitrogen functional groups attached to an aromatic ring is 1. The zero-order chi connectivity index (χ0) is 13.3. The van der Waals surface area contributed by atoms with Crippen molar-refractivity contribution in [1.29, 1.82) is 0 Å². The molecule has 1 atom stereocenters. The van der Waals surface area contributed by atoms with E-state index in [0.717, 1.165) is 35.8 Å². The van der Waals surface area contributed by atoms with Crippen LogP contribution in [-0.4, -0.2) is 16.3 Å². The second kappa shape index (κ2) is 3.71. The van der Waals surface area contributed by atoms with Gasteiger partial charge in [-0.05, 0) is 68.1 Å². The number of hydrogen-bond acceptors (Lipinski definition) is 3. The van der Waals surface area contributed by atoms with Gasteiger partial charge in [0.25, 0.3) is 0 Å². The Hall–Kier alpha value is -1.19. The van der Waals surface area contributed by atoms with Crippen molar-refractivity contribution in [1.82, 2.24) is 9.78 Å². The molecular formula is C16H24N4. The number of nitrogens with two attached hydrogens (primary N) is 1. The van der Waals surface area contributed by atoms with Gasteiger partial charge >= 0.3 is 0 Å². The van der Waals surface area contributed by atoms with Gasteiger partial charge in [-0.25, -0.2) is 4.68 Å². The fraction of sp³-hybridized carbons (Fsp3) is 0.812. The van der Waals surface area contributed by atoms with Crippen LogP contribution in [0.1, 0.15) is 51.0 Å². The maximum Gasteiger partial charge on any atom is 0.148 e. The molecule has 108 valence electrons. The van der Waals surface area contributed by atoms with Crippen LogP contribution >= 0.6 is 0 Å². The minimum absolute atomic E-state index is 0.532. The molecule has 0 amide bonds. The van der Waals surface area contributed by atoms with Crippen molar-refractivity contribution in [2.75, 3.05) is 17.6 Å². The van der Waals surface area contributed by atoms with E-state index in [4.69, 9.17) is 5.73 Å². The summed E-state index contributed by atoms with van der Waals surface area (Å²) < 4.78 is 2.24. The molecular weight excluding hydrogens is 248 g/mol. The van der Waals surface area contributed by atoms with E-state index in [9.17, 15) is 0 Å². The summed E-state index contributed by atoms with van der Waals surface area (Å²) in [6, 6.07) is 0.587. The average molecular weight is 272 g/mol. The van der Waals surface area contributed by atoms with Gasteiger partial charge in [0.15, 0.2) is 0 Å². The molecule has 4 bridgehead atoms. The van der Waals surface area contributed by atoms with E-state index in [1.165, 1.54) is 44.9 Å². The van der Waals surface area contributed by atoms with Crippen LogP contribution in [0.5, 0.6) is 0 Å². The molecule has 0 saturated heterocycles. The Labute approximate surface area is 120 Å². The minimum Gasteiger partial charge on any atom is -0.394 e. The third-order valence-corrected chi connectivity index (χ3v) is 6.62. The molecule has 0 spiro atoms. The normalized spacial score (nSPS) is 45.2. The lowest BCUT2D eigenvalue weighted by atomic mass is 9.47. The number of rotatable bonds is 1. The molecule has 0 aromatic carbocycles. The van der Waals surface area contributed by atoms with Crippen LogP contribution in [0.3, 0.4) is 0 Å². The van der Waals surface area contributed by atoms with Crippen molar-refractivity contribution in [3.63, 3.8) is 0 Å². The molecule has 4 saturated carbocycles. The van der Waals surface area contributed by atoms with Crippen molar-refractivity contribution < 1.29 is 0 Å². The van der Waals surface area contributed by atoms with E-state index in [-0.39, 0.29) is 0 Å². The van der Waals surface area contributed by atoms with Crippen LogP contribution in [0.25, 0.3) is 0 Å². The number of aromatic nitrogens is 2. The highest BCUT2D eigenvalue weighted by Crippen LogP contribution is 2.64. The molecule has 4 heteroatoms. The molecule has 2 heterocycles. The molecule has 4 fully saturated rings. The van der Waals surface area contributed by atoms with E-state index >= 15 is 0 Å². The first kappa shape index (κ1) is 11.5. The Kier molecular flexibility index (Phi) is 2.13. The van der Waals surface area contributed by atoms with E-state index in [1.54, 1.807) is 0 Å². The van der Waals surface area contributed by atoms with Gasteiger partial charge in [-0.2, -0.15) is 5.10 Å². The van der Waals surface area contributed by atoms with Gasteiger partial charge in [-0.15, -0.1) is 0 Å². The molecule has 1 aromatic rings. The summed E-state index contributed by atoms with van der Waals surface area (Å²) >= 11 is 0. The third-order valence-electron chi connectivity index (χ3n) is 6.62. The number of hydrogen-bond donors (Lipinski definition) is 2. The van der Waals surface area contributed by atoms with Crippen molar-refractivity contribution in [2.24, 2.45) is 23.2 Å². The molecule has 1 unspecified atom stereocenters. The first-order valence-electron chi connectivity index (χ1n) is 8.30. The maximum atomic E-state index is 6.07. The van der Waals surface area contributed by atoms with Gasteiger partial charge in [-0.3, -0.25) is 0 Å². The molecule has 4 nitrogen and oxygen atoms in total. The first-order valence-corrected chi connectivity index (χ1v) is 8.30. The number of nitrogens with zero attached hydrogens (tertiary/aromatic N) is 2. The van der Waals surface area contributed by atoms with Crippen LogP contribution in [0.15, 0.2) is 6.20 Å². The van der Waals surface area contributed by atoms with Crippen molar-refractivity contribution in [2.45, 2.75) is 51.0 Å². The predicted octanol–water partition coefficient (Wildman–Crippen LogP) is 3.04. The van der Waals surface area contributed by atoms with E-state index in [0.29, 0.717) is 11.5 Å². The monoisotopic (exact) mass is 272 g/mol. The molecule has 20 heavy (non-hydrogen) atoms. The summed E-state index contributed by atoms with van der Waals surface area (Å²) in [7, 11) is 0. The largest absolute Gasteiger partial charge is 0.394 e.